The lowest BCUT2D eigenvalue weighted by Crippen LogP contribution is -2.52. The summed E-state index contributed by atoms with van der Waals surface area (Å²) in [5.74, 6) is 0. The second-order valence-electron chi connectivity index (χ2n) is 8.62. The zero-order chi connectivity index (χ0) is 24.8. The van der Waals surface area contributed by atoms with Crippen LogP contribution in [0.4, 0.5) is 32.3 Å². The van der Waals surface area contributed by atoms with E-state index in [9.17, 15) is 9.59 Å². The quantitative estimate of drug-likeness (QED) is 0.292. The zero-order valence-electron chi connectivity index (χ0n) is 18.9. The molecule has 2 N–H and O–H groups in total. The molecule has 2 unspecified atom stereocenters. The molecule has 36 heavy (non-hydrogen) atoms. The smallest absolute Gasteiger partial charge is 0.307 e. The van der Waals surface area contributed by atoms with Gasteiger partial charge >= 0.3 is 12.1 Å². The summed E-state index contributed by atoms with van der Waals surface area (Å²) in [7, 11) is 0. The van der Waals surface area contributed by atoms with Crippen molar-refractivity contribution in [1.82, 2.24) is 0 Å². The fourth-order valence-corrected chi connectivity index (χ4v) is 5.38. The Morgan fingerprint density at radius 3 is 1.33 bits per heavy atom. The van der Waals surface area contributed by atoms with Crippen molar-refractivity contribution < 1.29 is 9.59 Å². The summed E-state index contributed by atoms with van der Waals surface area (Å²) in [4.78, 5) is 30.6. The largest absolute Gasteiger partial charge is 0.326 e. The first-order valence-corrected chi connectivity index (χ1v) is 12.2. The standard InChI is InChI=1S/C28H20Cl2N4O2/c29-17-11-13-23-21(15-17)25(33(27(35)31-23)19-7-3-1-4-8-19)26-22-16-18(30)12-14-24(22)32-28(36)34(26)20-9-5-2-6-10-20/h1-16,25-26H,(H,31,35)(H,32,36). The number of fused-ring (bicyclic) bond motifs is 2. The molecular formula is C28H20Cl2N4O2. The van der Waals surface area contributed by atoms with Crippen LogP contribution in [0.25, 0.3) is 0 Å². The van der Waals surface area contributed by atoms with Gasteiger partial charge < -0.3 is 10.6 Å². The highest BCUT2D eigenvalue weighted by Crippen LogP contribution is 2.51. The van der Waals surface area contributed by atoms with E-state index >= 15 is 0 Å². The molecule has 0 aliphatic carbocycles. The molecule has 2 heterocycles. The van der Waals surface area contributed by atoms with Gasteiger partial charge in [-0.1, -0.05) is 59.6 Å². The van der Waals surface area contributed by atoms with Crippen LogP contribution in [0.2, 0.25) is 10.0 Å². The van der Waals surface area contributed by atoms with Crippen LogP contribution in [-0.4, -0.2) is 12.1 Å². The number of amides is 4. The predicted molar refractivity (Wildman–Crippen MR) is 144 cm³/mol. The van der Waals surface area contributed by atoms with Gasteiger partial charge in [-0.3, -0.25) is 9.80 Å². The summed E-state index contributed by atoms with van der Waals surface area (Å²) >= 11 is 12.9. The van der Waals surface area contributed by atoms with Crippen LogP contribution in [0.3, 0.4) is 0 Å². The Labute approximate surface area is 218 Å². The summed E-state index contributed by atoms with van der Waals surface area (Å²) in [5, 5.41) is 7.04. The Bertz CT molecular complexity index is 1370. The van der Waals surface area contributed by atoms with E-state index in [2.05, 4.69) is 10.6 Å². The van der Waals surface area contributed by atoms with Crippen molar-refractivity contribution >= 4 is 58.0 Å². The lowest BCUT2D eigenvalue weighted by Gasteiger charge is -2.47. The number of carbonyl (C=O) groups excluding carboxylic acids is 2. The molecule has 4 aromatic rings. The van der Waals surface area contributed by atoms with Crippen LogP contribution >= 0.6 is 23.2 Å². The summed E-state index contributed by atoms with van der Waals surface area (Å²) in [6, 6.07) is 27.7. The van der Waals surface area contributed by atoms with E-state index in [0.717, 1.165) is 11.1 Å². The van der Waals surface area contributed by atoms with Crippen molar-refractivity contribution in [3.8, 4) is 0 Å². The molecule has 0 saturated heterocycles. The molecule has 0 saturated carbocycles. The molecule has 0 bridgehead atoms. The number of nitrogens with one attached hydrogen (secondary N) is 2. The number of anilines is 4. The highest BCUT2D eigenvalue weighted by atomic mass is 35.5. The summed E-state index contributed by atoms with van der Waals surface area (Å²) in [5.41, 5.74) is 4.24. The zero-order valence-corrected chi connectivity index (χ0v) is 20.4. The molecule has 0 spiro atoms. The van der Waals surface area contributed by atoms with E-state index in [4.69, 9.17) is 23.2 Å². The topological polar surface area (TPSA) is 64.7 Å². The molecule has 4 amide bonds. The Morgan fingerprint density at radius 1 is 0.556 bits per heavy atom. The number of benzene rings is 4. The van der Waals surface area contributed by atoms with Gasteiger partial charge in [0.2, 0.25) is 0 Å². The maximum atomic E-state index is 13.6. The van der Waals surface area contributed by atoms with Gasteiger partial charge in [-0.2, -0.15) is 0 Å². The second kappa shape index (κ2) is 8.90. The molecule has 6 rings (SSSR count). The molecule has 6 nitrogen and oxygen atoms in total. The summed E-state index contributed by atoms with van der Waals surface area (Å²) in [6.07, 6.45) is 0. The number of urea groups is 2. The number of halogens is 2. The predicted octanol–water partition coefficient (Wildman–Crippen LogP) is 7.88. The number of nitrogens with zero attached hydrogens (tertiary/aromatic N) is 2. The van der Waals surface area contributed by atoms with Gasteiger partial charge in [0, 0.05) is 43.9 Å². The highest BCUT2D eigenvalue weighted by Gasteiger charge is 2.46. The summed E-state index contributed by atoms with van der Waals surface area (Å²) < 4.78 is 0. The maximum absolute atomic E-state index is 13.6. The van der Waals surface area contributed by atoms with Crippen molar-refractivity contribution in [2.45, 2.75) is 12.1 Å². The van der Waals surface area contributed by atoms with E-state index in [0.29, 0.717) is 32.8 Å². The molecule has 8 heteroatoms. The number of rotatable bonds is 3. The average molecular weight is 515 g/mol. The van der Waals surface area contributed by atoms with Gasteiger partial charge in [-0.05, 0) is 60.7 Å². The van der Waals surface area contributed by atoms with Gasteiger partial charge in [0.05, 0.1) is 12.1 Å². The van der Waals surface area contributed by atoms with E-state index in [1.54, 1.807) is 34.1 Å². The average Bonchev–Trinajstić information content (AvgIpc) is 2.89. The molecule has 0 aromatic heterocycles. The minimum absolute atomic E-state index is 0.302. The van der Waals surface area contributed by atoms with Crippen LogP contribution in [0, 0.1) is 0 Å². The minimum Gasteiger partial charge on any atom is -0.307 e. The molecule has 2 aliphatic rings. The van der Waals surface area contributed by atoms with Crippen molar-refractivity contribution in [3.63, 3.8) is 0 Å². The number of carbonyl (C=O) groups is 2. The lowest BCUT2D eigenvalue weighted by molar-refractivity contribution is 0.246. The first-order chi connectivity index (χ1) is 17.5. The van der Waals surface area contributed by atoms with Crippen molar-refractivity contribution in [2.24, 2.45) is 0 Å². The molecule has 2 aliphatic heterocycles. The molecular weight excluding hydrogens is 495 g/mol. The van der Waals surface area contributed by atoms with Gasteiger partial charge in [0.25, 0.3) is 0 Å². The minimum atomic E-state index is -0.613. The Morgan fingerprint density at radius 2 is 0.944 bits per heavy atom. The van der Waals surface area contributed by atoms with E-state index in [-0.39, 0.29) is 12.1 Å². The van der Waals surface area contributed by atoms with Crippen LogP contribution in [0.5, 0.6) is 0 Å². The SMILES string of the molecule is O=C1Nc2ccc(Cl)cc2C(C2c3cc(Cl)ccc3NC(=O)N2c2ccccc2)N1c1ccccc1. The normalized spacial score (nSPS) is 18.7. The van der Waals surface area contributed by atoms with Crippen LogP contribution in [0.1, 0.15) is 23.2 Å². The molecule has 178 valence electrons. The van der Waals surface area contributed by atoms with Crippen LogP contribution in [-0.2, 0) is 0 Å². The van der Waals surface area contributed by atoms with E-state index in [1.165, 1.54) is 0 Å². The third-order valence-electron chi connectivity index (χ3n) is 6.51. The van der Waals surface area contributed by atoms with Crippen molar-refractivity contribution in [2.75, 3.05) is 20.4 Å². The number of hydrogen-bond acceptors (Lipinski definition) is 2. The summed E-state index contributed by atoms with van der Waals surface area (Å²) in [6.45, 7) is 0. The molecule has 0 radical (unpaired) electrons. The lowest BCUT2D eigenvalue weighted by atomic mass is 9.86. The van der Waals surface area contributed by atoms with Gasteiger partial charge in [-0.25, -0.2) is 9.59 Å². The maximum Gasteiger partial charge on any atom is 0.326 e. The first-order valence-electron chi connectivity index (χ1n) is 11.4. The molecule has 0 fully saturated rings. The monoisotopic (exact) mass is 514 g/mol. The Balaban J connectivity index is 1.66. The first kappa shape index (κ1) is 22.5. The number of para-hydroxylation sites is 2. The fraction of sp³-hybridized carbons (Fsp3) is 0.0714. The fourth-order valence-electron chi connectivity index (χ4n) is 5.02. The molecule has 2 atom stereocenters. The van der Waals surface area contributed by atoms with Crippen molar-refractivity contribution in [1.29, 1.82) is 0 Å². The highest BCUT2D eigenvalue weighted by molar-refractivity contribution is 6.31. The second-order valence-corrected chi connectivity index (χ2v) is 9.50. The van der Waals surface area contributed by atoms with E-state index in [1.807, 2.05) is 72.8 Å². The van der Waals surface area contributed by atoms with Crippen molar-refractivity contribution in [3.05, 3.63) is 118 Å². The van der Waals surface area contributed by atoms with Gasteiger partial charge in [-0.15, -0.1) is 0 Å². The van der Waals surface area contributed by atoms with Crippen LogP contribution in [0.15, 0.2) is 97.1 Å². The molecule has 4 aromatic carbocycles. The third kappa shape index (κ3) is 3.75. The van der Waals surface area contributed by atoms with Gasteiger partial charge in [0.1, 0.15) is 0 Å². The Kier molecular flexibility index (Phi) is 5.55. The van der Waals surface area contributed by atoms with E-state index < -0.39 is 12.1 Å². The number of hydrogen-bond donors (Lipinski definition) is 2. The Hall–Kier alpha value is -4.00. The van der Waals surface area contributed by atoms with Gasteiger partial charge in [0.15, 0.2) is 0 Å². The third-order valence-corrected chi connectivity index (χ3v) is 6.98. The van der Waals surface area contributed by atoms with Crippen LogP contribution < -0.4 is 20.4 Å².